The minimum atomic E-state index is -0.176. The molecule has 0 spiro atoms. The Kier molecular flexibility index (Phi) is 6.10. The third-order valence-electron chi connectivity index (χ3n) is 4.63. The van der Waals surface area contributed by atoms with Crippen molar-refractivity contribution in [1.29, 1.82) is 0 Å². The lowest BCUT2D eigenvalue weighted by Gasteiger charge is -2.10. The predicted octanol–water partition coefficient (Wildman–Crippen LogP) is 2.90. The summed E-state index contributed by atoms with van der Waals surface area (Å²) in [6.45, 7) is 1.81. The van der Waals surface area contributed by atoms with E-state index < -0.39 is 0 Å². The average Bonchev–Trinajstić information content (AvgIpc) is 3.44. The van der Waals surface area contributed by atoms with Gasteiger partial charge in [0, 0.05) is 31.6 Å². The molecule has 1 N–H and O–H groups in total. The van der Waals surface area contributed by atoms with E-state index in [1.807, 2.05) is 65.5 Å². The summed E-state index contributed by atoms with van der Waals surface area (Å²) in [5.74, 6) is -0.176. The molecule has 0 saturated heterocycles. The largest absolute Gasteiger partial charge is 0.348 e. The molecule has 4 rings (SSSR count). The monoisotopic (exact) mass is 398 g/mol. The third kappa shape index (κ3) is 5.29. The van der Waals surface area contributed by atoms with Crippen LogP contribution in [0.5, 0.6) is 0 Å². The molecule has 2 heterocycles. The number of benzene rings is 2. The molecule has 0 radical (unpaired) electrons. The Labute approximate surface area is 174 Å². The van der Waals surface area contributed by atoms with Gasteiger partial charge in [0.05, 0.1) is 19.1 Å². The summed E-state index contributed by atoms with van der Waals surface area (Å²) < 4.78 is 3.75. The van der Waals surface area contributed by atoms with Gasteiger partial charge >= 0.3 is 0 Å². The zero-order valence-electron chi connectivity index (χ0n) is 16.4. The molecule has 30 heavy (non-hydrogen) atoms. The number of hydrogen-bond acceptors (Lipinski definition) is 4. The highest BCUT2D eigenvalue weighted by Crippen LogP contribution is 2.10. The van der Waals surface area contributed by atoms with Crippen LogP contribution < -0.4 is 5.32 Å². The lowest BCUT2D eigenvalue weighted by Crippen LogP contribution is -2.21. The number of carbonyl (C=O) groups is 1. The molecule has 2 aromatic heterocycles. The minimum absolute atomic E-state index is 0.176. The Morgan fingerprint density at radius 1 is 1.00 bits per heavy atom. The maximum atomic E-state index is 12.2. The predicted molar refractivity (Wildman–Crippen MR) is 114 cm³/mol. The van der Waals surface area contributed by atoms with Crippen LogP contribution in [-0.4, -0.2) is 30.5 Å². The number of amides is 1. The molecule has 0 aliphatic carbocycles. The van der Waals surface area contributed by atoms with Crippen LogP contribution in [0.1, 0.15) is 22.4 Å². The van der Waals surface area contributed by atoms with Crippen LogP contribution in [0, 0.1) is 0 Å². The van der Waals surface area contributed by atoms with Crippen molar-refractivity contribution in [3.63, 3.8) is 0 Å². The number of carbonyl (C=O) groups excluding carboxylic acids is 1. The summed E-state index contributed by atoms with van der Waals surface area (Å²) in [6.07, 6.45) is 10.4. The zero-order valence-corrected chi connectivity index (χ0v) is 16.4. The van der Waals surface area contributed by atoms with Crippen LogP contribution in [0.25, 0.3) is 6.08 Å². The summed E-state index contributed by atoms with van der Waals surface area (Å²) in [5, 5.41) is 11.1. The minimum Gasteiger partial charge on any atom is -0.348 e. The zero-order chi connectivity index (χ0) is 20.6. The van der Waals surface area contributed by atoms with Gasteiger partial charge < -0.3 is 9.88 Å². The maximum Gasteiger partial charge on any atom is 0.244 e. The molecule has 0 bridgehead atoms. The van der Waals surface area contributed by atoms with Gasteiger partial charge in [0.25, 0.3) is 0 Å². The van der Waals surface area contributed by atoms with Crippen molar-refractivity contribution in [3.05, 3.63) is 108 Å². The topological polar surface area (TPSA) is 77.6 Å². The number of imidazole rings is 1. The van der Waals surface area contributed by atoms with Crippen molar-refractivity contribution in [2.24, 2.45) is 0 Å². The summed E-state index contributed by atoms with van der Waals surface area (Å²) in [6, 6.07) is 18.1. The van der Waals surface area contributed by atoms with E-state index in [0.717, 1.165) is 16.7 Å². The van der Waals surface area contributed by atoms with E-state index in [-0.39, 0.29) is 5.91 Å². The van der Waals surface area contributed by atoms with Crippen LogP contribution in [0.2, 0.25) is 0 Å². The van der Waals surface area contributed by atoms with Gasteiger partial charge in [-0.15, -0.1) is 5.10 Å². The molecule has 0 fully saturated rings. The van der Waals surface area contributed by atoms with Gasteiger partial charge in [0.2, 0.25) is 5.91 Å². The van der Waals surface area contributed by atoms with Crippen LogP contribution >= 0.6 is 0 Å². The quantitative estimate of drug-likeness (QED) is 0.463. The molecule has 150 valence electrons. The molecule has 0 saturated carbocycles. The summed E-state index contributed by atoms with van der Waals surface area (Å²) in [4.78, 5) is 16.3. The number of nitrogens with one attached hydrogen (secondary N) is 1. The SMILES string of the molecule is O=C(/C=C/c1cn(Cc2ccccc2)nn1)NCc1ccccc1Cn1ccnc1. The Morgan fingerprint density at radius 2 is 1.80 bits per heavy atom. The first-order valence-corrected chi connectivity index (χ1v) is 9.69. The molecule has 0 atom stereocenters. The van der Waals surface area contributed by atoms with Crippen molar-refractivity contribution in [3.8, 4) is 0 Å². The normalized spacial score (nSPS) is 11.1. The van der Waals surface area contributed by atoms with Crippen molar-refractivity contribution in [2.45, 2.75) is 19.6 Å². The van der Waals surface area contributed by atoms with Crippen molar-refractivity contribution in [1.82, 2.24) is 29.9 Å². The van der Waals surface area contributed by atoms with E-state index in [9.17, 15) is 4.79 Å². The molecule has 2 aromatic carbocycles. The highest BCUT2D eigenvalue weighted by Gasteiger charge is 2.05. The molecule has 0 unspecified atom stereocenters. The Balaban J connectivity index is 1.32. The Hall–Kier alpha value is -4.00. The Bertz CT molecular complexity index is 1120. The van der Waals surface area contributed by atoms with E-state index in [1.165, 1.54) is 6.08 Å². The van der Waals surface area contributed by atoms with Crippen LogP contribution in [-0.2, 0) is 24.4 Å². The van der Waals surface area contributed by atoms with Gasteiger partial charge in [0.1, 0.15) is 5.69 Å². The third-order valence-corrected chi connectivity index (χ3v) is 4.63. The highest BCUT2D eigenvalue weighted by atomic mass is 16.1. The summed E-state index contributed by atoms with van der Waals surface area (Å²) in [7, 11) is 0. The molecule has 1 amide bonds. The van der Waals surface area contributed by atoms with Crippen LogP contribution in [0.3, 0.4) is 0 Å². The number of aromatic nitrogens is 5. The van der Waals surface area contributed by atoms with E-state index >= 15 is 0 Å². The van der Waals surface area contributed by atoms with E-state index in [4.69, 9.17) is 0 Å². The first kappa shape index (κ1) is 19.3. The molecule has 0 aliphatic heterocycles. The van der Waals surface area contributed by atoms with Crippen molar-refractivity contribution in [2.75, 3.05) is 0 Å². The van der Waals surface area contributed by atoms with Crippen LogP contribution in [0.15, 0.2) is 85.6 Å². The van der Waals surface area contributed by atoms with Gasteiger partial charge in [-0.2, -0.15) is 0 Å². The van der Waals surface area contributed by atoms with E-state index in [0.29, 0.717) is 25.3 Å². The van der Waals surface area contributed by atoms with Gasteiger partial charge in [-0.05, 0) is 22.8 Å². The molecular formula is C23H22N6O. The lowest BCUT2D eigenvalue weighted by molar-refractivity contribution is -0.116. The molecule has 7 heteroatoms. The first-order valence-electron chi connectivity index (χ1n) is 9.69. The molecule has 4 aromatic rings. The van der Waals surface area contributed by atoms with Crippen LogP contribution in [0.4, 0.5) is 0 Å². The summed E-state index contributed by atoms with van der Waals surface area (Å²) in [5.41, 5.74) is 4.00. The first-order chi connectivity index (χ1) is 14.8. The maximum absolute atomic E-state index is 12.2. The van der Waals surface area contributed by atoms with Gasteiger partial charge in [0.15, 0.2) is 0 Å². The highest BCUT2D eigenvalue weighted by molar-refractivity contribution is 5.91. The molecular weight excluding hydrogens is 376 g/mol. The van der Waals surface area contributed by atoms with Gasteiger partial charge in [-0.1, -0.05) is 59.8 Å². The van der Waals surface area contributed by atoms with E-state index in [1.54, 1.807) is 23.3 Å². The van der Waals surface area contributed by atoms with Gasteiger partial charge in [-0.25, -0.2) is 9.67 Å². The molecule has 0 aliphatic rings. The number of hydrogen-bond donors (Lipinski definition) is 1. The second kappa shape index (κ2) is 9.47. The smallest absolute Gasteiger partial charge is 0.244 e. The van der Waals surface area contributed by atoms with Crippen molar-refractivity contribution < 1.29 is 4.79 Å². The fourth-order valence-corrected chi connectivity index (χ4v) is 3.10. The summed E-state index contributed by atoms with van der Waals surface area (Å²) >= 11 is 0. The second-order valence-corrected chi connectivity index (χ2v) is 6.88. The Morgan fingerprint density at radius 3 is 2.60 bits per heavy atom. The van der Waals surface area contributed by atoms with Crippen molar-refractivity contribution >= 4 is 12.0 Å². The fraction of sp³-hybridized carbons (Fsp3) is 0.130. The van der Waals surface area contributed by atoms with Gasteiger partial charge in [-0.3, -0.25) is 4.79 Å². The lowest BCUT2D eigenvalue weighted by atomic mass is 10.1. The molecule has 7 nitrogen and oxygen atoms in total. The average molecular weight is 398 g/mol. The fourth-order valence-electron chi connectivity index (χ4n) is 3.10. The standard InChI is InChI=1S/C23H22N6O/c30-23(11-10-22-17-29(27-26-22)15-19-6-2-1-3-7-19)25-14-20-8-4-5-9-21(20)16-28-13-12-24-18-28/h1-13,17-18H,14-16H2,(H,25,30)/b11-10+. The van der Waals surface area contributed by atoms with E-state index in [2.05, 4.69) is 26.7 Å². The number of nitrogens with zero attached hydrogens (tertiary/aromatic N) is 5. The second-order valence-electron chi connectivity index (χ2n) is 6.88. The number of rotatable bonds is 8.